The van der Waals surface area contributed by atoms with Gasteiger partial charge in [0.25, 0.3) is 0 Å². The summed E-state index contributed by atoms with van der Waals surface area (Å²) in [6.45, 7) is 3.65. The second-order valence-corrected chi connectivity index (χ2v) is 8.55. The van der Waals surface area contributed by atoms with Gasteiger partial charge in [0.1, 0.15) is 0 Å². The van der Waals surface area contributed by atoms with Crippen molar-refractivity contribution in [3.63, 3.8) is 0 Å². The van der Waals surface area contributed by atoms with Gasteiger partial charge < -0.3 is 16.2 Å². The van der Waals surface area contributed by atoms with Crippen LogP contribution in [0.2, 0.25) is 5.02 Å². The van der Waals surface area contributed by atoms with Crippen LogP contribution in [-0.4, -0.2) is 22.6 Å². The number of hydrogen-bond acceptors (Lipinski definition) is 4. The highest BCUT2D eigenvalue weighted by molar-refractivity contribution is 6.30. The Morgan fingerprint density at radius 3 is 2.28 bits per heavy atom. The Morgan fingerprint density at radius 2 is 1.72 bits per heavy atom. The first-order chi connectivity index (χ1) is 15.4. The fourth-order valence-electron chi connectivity index (χ4n) is 3.50. The summed E-state index contributed by atoms with van der Waals surface area (Å²) in [5.74, 6) is -0.261. The molecule has 0 spiro atoms. The van der Waals surface area contributed by atoms with Crippen LogP contribution in [0.25, 0.3) is 0 Å². The van der Waals surface area contributed by atoms with E-state index in [1.54, 1.807) is 13.0 Å². The molecule has 0 aliphatic heterocycles. The first kappa shape index (κ1) is 23.8. The summed E-state index contributed by atoms with van der Waals surface area (Å²) in [6, 6.07) is 20.4. The van der Waals surface area contributed by atoms with Crippen LogP contribution in [0.3, 0.4) is 0 Å². The van der Waals surface area contributed by atoms with E-state index in [1.807, 2.05) is 12.1 Å². The minimum atomic E-state index is -1.09. The lowest BCUT2D eigenvalue weighted by molar-refractivity contribution is 0.0691. The van der Waals surface area contributed by atoms with Crippen LogP contribution < -0.4 is 11.1 Å². The molecular weight excluding hydrogens is 422 g/mol. The molecule has 1 aliphatic carbocycles. The molecule has 0 bridgehead atoms. The van der Waals surface area contributed by atoms with E-state index in [-0.39, 0.29) is 11.4 Å². The summed E-state index contributed by atoms with van der Waals surface area (Å²) in [6.07, 6.45) is 5.19. The maximum Gasteiger partial charge on any atom is 0.356 e. The van der Waals surface area contributed by atoms with Gasteiger partial charge in [-0.1, -0.05) is 54.4 Å². The van der Waals surface area contributed by atoms with E-state index in [9.17, 15) is 4.79 Å². The Balaban J connectivity index is 0.000000222. The number of nitrogens with two attached hydrogens (primary N) is 1. The van der Waals surface area contributed by atoms with Crippen LogP contribution in [-0.2, 0) is 13.0 Å². The standard InChI is InChI=1S/C19H22ClN.C7H8N2O2/c20-19-10-6-15(7-11-19)12-13-21-14-16-4-8-18(9-5-16)17-2-1-3-17;1-4-2-3-5(8)6(9-4)7(10)11/h4-11,17,21H,1-3,12-14H2;2-3H,8H2,1H3,(H,10,11). The van der Waals surface area contributed by atoms with Crippen molar-refractivity contribution in [2.75, 3.05) is 12.3 Å². The van der Waals surface area contributed by atoms with Crippen molar-refractivity contribution in [3.05, 3.63) is 93.8 Å². The number of benzene rings is 2. The minimum Gasteiger partial charge on any atom is -0.476 e. The molecule has 5 nitrogen and oxygen atoms in total. The number of carboxylic acid groups (broad SMARTS) is 1. The molecule has 0 radical (unpaired) electrons. The van der Waals surface area contributed by atoms with Crippen molar-refractivity contribution in [2.45, 2.75) is 45.1 Å². The Kier molecular flexibility index (Phi) is 8.65. The van der Waals surface area contributed by atoms with Crippen LogP contribution in [0, 0.1) is 6.92 Å². The zero-order valence-corrected chi connectivity index (χ0v) is 19.1. The van der Waals surface area contributed by atoms with Gasteiger partial charge in [0.15, 0.2) is 5.69 Å². The molecule has 4 rings (SSSR count). The van der Waals surface area contributed by atoms with Gasteiger partial charge in [0, 0.05) is 17.3 Å². The fourth-order valence-corrected chi connectivity index (χ4v) is 3.63. The third-order valence-electron chi connectivity index (χ3n) is 5.66. The third kappa shape index (κ3) is 7.08. The molecular formula is C26H30ClN3O2. The Morgan fingerprint density at radius 1 is 1.06 bits per heavy atom. The zero-order chi connectivity index (χ0) is 22.9. The summed E-state index contributed by atoms with van der Waals surface area (Å²) in [7, 11) is 0. The monoisotopic (exact) mass is 451 g/mol. The fraction of sp³-hybridized carbons (Fsp3) is 0.308. The summed E-state index contributed by atoms with van der Waals surface area (Å²) in [4.78, 5) is 14.2. The van der Waals surface area contributed by atoms with Crippen LogP contribution >= 0.6 is 11.6 Å². The van der Waals surface area contributed by atoms with Gasteiger partial charge in [0.05, 0.1) is 5.69 Å². The third-order valence-corrected chi connectivity index (χ3v) is 5.91. The average Bonchev–Trinajstić information content (AvgIpc) is 2.74. The first-order valence-electron chi connectivity index (χ1n) is 10.9. The van der Waals surface area contributed by atoms with Crippen LogP contribution in [0.1, 0.15) is 58.1 Å². The van der Waals surface area contributed by atoms with E-state index < -0.39 is 5.97 Å². The number of carbonyl (C=O) groups is 1. The zero-order valence-electron chi connectivity index (χ0n) is 18.4. The molecule has 0 amide bonds. The number of nitrogen functional groups attached to an aromatic ring is 1. The number of nitrogens with one attached hydrogen (secondary N) is 1. The second kappa shape index (κ2) is 11.7. The molecule has 168 valence electrons. The number of anilines is 1. The summed E-state index contributed by atoms with van der Waals surface area (Å²) >= 11 is 5.89. The minimum absolute atomic E-state index is 0.0787. The predicted molar refractivity (Wildman–Crippen MR) is 130 cm³/mol. The highest BCUT2D eigenvalue weighted by Crippen LogP contribution is 2.36. The number of rotatable bonds is 7. The van der Waals surface area contributed by atoms with Gasteiger partial charge in [0.2, 0.25) is 0 Å². The SMILES string of the molecule is Cc1ccc(N)c(C(=O)O)n1.Clc1ccc(CCNCc2ccc(C3CCC3)cc2)cc1. The predicted octanol–water partition coefficient (Wildman–Crippen LogP) is 5.61. The van der Waals surface area contributed by atoms with E-state index in [4.69, 9.17) is 22.4 Å². The van der Waals surface area contributed by atoms with E-state index >= 15 is 0 Å². The first-order valence-corrected chi connectivity index (χ1v) is 11.3. The summed E-state index contributed by atoms with van der Waals surface area (Å²) in [5, 5.41) is 12.9. The molecule has 1 heterocycles. The van der Waals surface area contributed by atoms with E-state index in [2.05, 4.69) is 46.7 Å². The number of nitrogens with zero attached hydrogens (tertiary/aromatic N) is 1. The quantitative estimate of drug-likeness (QED) is 0.406. The van der Waals surface area contributed by atoms with Gasteiger partial charge in [-0.3, -0.25) is 0 Å². The molecule has 1 fully saturated rings. The highest BCUT2D eigenvalue weighted by atomic mass is 35.5. The van der Waals surface area contributed by atoms with Gasteiger partial charge in [-0.15, -0.1) is 0 Å². The van der Waals surface area contributed by atoms with Crippen molar-refractivity contribution < 1.29 is 9.90 Å². The lowest BCUT2D eigenvalue weighted by atomic mass is 9.80. The van der Waals surface area contributed by atoms with Gasteiger partial charge in [-0.05, 0) is 79.6 Å². The highest BCUT2D eigenvalue weighted by Gasteiger charge is 2.18. The number of carboxylic acids is 1. The average molecular weight is 452 g/mol. The maximum atomic E-state index is 10.4. The lowest BCUT2D eigenvalue weighted by Gasteiger charge is -2.25. The van der Waals surface area contributed by atoms with Gasteiger partial charge in [-0.25, -0.2) is 9.78 Å². The second-order valence-electron chi connectivity index (χ2n) is 8.12. The van der Waals surface area contributed by atoms with Crippen LogP contribution in [0.4, 0.5) is 5.69 Å². The molecule has 32 heavy (non-hydrogen) atoms. The van der Waals surface area contributed by atoms with Crippen molar-refractivity contribution in [3.8, 4) is 0 Å². The number of aromatic carboxylic acids is 1. The molecule has 2 aromatic carbocycles. The number of aryl methyl sites for hydroxylation is 1. The summed E-state index contributed by atoms with van der Waals surface area (Å²) < 4.78 is 0. The molecule has 1 aliphatic rings. The number of hydrogen-bond donors (Lipinski definition) is 3. The molecule has 0 saturated heterocycles. The van der Waals surface area contributed by atoms with Crippen LogP contribution in [0.15, 0.2) is 60.7 Å². The normalized spacial score (nSPS) is 13.1. The van der Waals surface area contributed by atoms with Crippen molar-refractivity contribution >= 4 is 23.3 Å². The topological polar surface area (TPSA) is 88.2 Å². The molecule has 1 saturated carbocycles. The van der Waals surface area contributed by atoms with E-state index in [1.165, 1.54) is 42.0 Å². The maximum absolute atomic E-state index is 10.4. The summed E-state index contributed by atoms with van der Waals surface area (Å²) in [5.41, 5.74) is 10.3. The van der Waals surface area contributed by atoms with E-state index in [0.29, 0.717) is 5.69 Å². The van der Waals surface area contributed by atoms with Gasteiger partial charge >= 0.3 is 5.97 Å². The Hall–Kier alpha value is -2.89. The number of aromatic nitrogens is 1. The molecule has 6 heteroatoms. The molecule has 3 aromatic rings. The van der Waals surface area contributed by atoms with E-state index in [0.717, 1.165) is 30.5 Å². The van der Waals surface area contributed by atoms with Crippen LogP contribution in [0.5, 0.6) is 0 Å². The van der Waals surface area contributed by atoms with Gasteiger partial charge in [-0.2, -0.15) is 0 Å². The largest absolute Gasteiger partial charge is 0.476 e. The van der Waals surface area contributed by atoms with Crippen molar-refractivity contribution in [2.24, 2.45) is 0 Å². The smallest absolute Gasteiger partial charge is 0.356 e. The van der Waals surface area contributed by atoms with Crippen molar-refractivity contribution in [1.82, 2.24) is 10.3 Å². The molecule has 1 aromatic heterocycles. The number of halogens is 1. The number of pyridine rings is 1. The van der Waals surface area contributed by atoms with Crippen molar-refractivity contribution in [1.29, 1.82) is 0 Å². The molecule has 0 atom stereocenters. The molecule has 0 unspecified atom stereocenters. The Bertz CT molecular complexity index is 1020. The lowest BCUT2D eigenvalue weighted by Crippen LogP contribution is -2.16. The molecule has 4 N–H and O–H groups in total. The Labute approximate surface area is 194 Å².